The molecule has 2 aromatic rings. The number of aryl methyl sites for hydroxylation is 3. The molecule has 0 bridgehead atoms. The van der Waals surface area contributed by atoms with Gasteiger partial charge in [0, 0.05) is 56.4 Å². The lowest BCUT2D eigenvalue weighted by molar-refractivity contribution is 0.0601. The lowest BCUT2D eigenvalue weighted by Crippen LogP contribution is -2.49. The topological polar surface area (TPSA) is 62.6 Å². The maximum atomic E-state index is 12.6. The van der Waals surface area contributed by atoms with Crippen molar-refractivity contribution in [1.82, 2.24) is 19.6 Å². The van der Waals surface area contributed by atoms with Gasteiger partial charge in [-0.15, -0.1) is 11.3 Å². The van der Waals surface area contributed by atoms with Gasteiger partial charge in [0.25, 0.3) is 0 Å². The number of nitrogens with zero attached hydrogens (tertiary/aromatic N) is 4. The normalized spacial score (nSPS) is 17.2. The summed E-state index contributed by atoms with van der Waals surface area (Å²) >= 11 is 7.41. The third-order valence-corrected chi connectivity index (χ3v) is 7.77. The molecule has 1 aliphatic carbocycles. The van der Waals surface area contributed by atoms with E-state index in [1.165, 1.54) is 30.4 Å². The fourth-order valence-electron chi connectivity index (χ4n) is 4.48. The first-order chi connectivity index (χ1) is 15.0. The van der Waals surface area contributed by atoms with Crippen molar-refractivity contribution < 1.29 is 9.53 Å². The first-order valence-electron chi connectivity index (χ1n) is 11.0. The van der Waals surface area contributed by atoms with Crippen LogP contribution in [0, 0.1) is 6.92 Å². The van der Waals surface area contributed by atoms with Crippen LogP contribution in [0.2, 0.25) is 0 Å². The predicted molar refractivity (Wildman–Crippen MR) is 128 cm³/mol. The number of ether oxygens (including phenoxy) is 1. The third-order valence-electron chi connectivity index (χ3n) is 6.20. The van der Waals surface area contributed by atoms with Crippen molar-refractivity contribution in [3.8, 4) is 0 Å². The Hall–Kier alpha value is -1.97. The second-order valence-electron chi connectivity index (χ2n) is 8.37. The number of methoxy groups -OCH3 is 1. The molecule has 0 aromatic carbocycles. The molecular formula is C22H31N5O2S2. The van der Waals surface area contributed by atoms with E-state index < -0.39 is 0 Å². The van der Waals surface area contributed by atoms with E-state index in [1.54, 1.807) is 11.3 Å². The van der Waals surface area contributed by atoms with Gasteiger partial charge in [-0.25, -0.2) is 4.79 Å². The lowest BCUT2D eigenvalue weighted by atomic mass is 10.1. The van der Waals surface area contributed by atoms with Crippen LogP contribution in [0.3, 0.4) is 0 Å². The van der Waals surface area contributed by atoms with Gasteiger partial charge in [0.05, 0.1) is 18.4 Å². The maximum Gasteiger partial charge on any atom is 0.341 e. The zero-order valence-electron chi connectivity index (χ0n) is 18.6. The van der Waals surface area contributed by atoms with E-state index >= 15 is 0 Å². The average Bonchev–Trinajstić information content (AvgIpc) is 3.15. The van der Waals surface area contributed by atoms with Crippen molar-refractivity contribution in [2.24, 2.45) is 7.05 Å². The summed E-state index contributed by atoms with van der Waals surface area (Å²) in [5.74, 6) is -0.263. The molecule has 0 saturated carbocycles. The van der Waals surface area contributed by atoms with Crippen molar-refractivity contribution in [3.05, 3.63) is 33.5 Å². The number of fused-ring (bicyclic) bond motifs is 1. The molecule has 0 radical (unpaired) electrons. The number of nitrogens with one attached hydrogen (secondary N) is 1. The zero-order valence-corrected chi connectivity index (χ0v) is 20.2. The molecule has 2 aromatic heterocycles. The number of piperazine rings is 1. The Morgan fingerprint density at radius 1 is 1.23 bits per heavy atom. The molecule has 0 unspecified atom stereocenters. The van der Waals surface area contributed by atoms with Gasteiger partial charge in [0.1, 0.15) is 5.00 Å². The van der Waals surface area contributed by atoms with Gasteiger partial charge in [-0.3, -0.25) is 9.58 Å². The molecule has 4 rings (SSSR count). The van der Waals surface area contributed by atoms with Crippen molar-refractivity contribution in [2.45, 2.75) is 45.6 Å². The molecule has 0 spiro atoms. The summed E-state index contributed by atoms with van der Waals surface area (Å²) in [5, 5.41) is 9.37. The van der Waals surface area contributed by atoms with E-state index in [0.717, 1.165) is 68.2 Å². The van der Waals surface area contributed by atoms with Crippen molar-refractivity contribution >= 4 is 39.6 Å². The number of thiophene rings is 1. The number of carbonyl (C=O) groups excluding carboxylic acids is 1. The second kappa shape index (κ2) is 9.67. The van der Waals surface area contributed by atoms with Crippen molar-refractivity contribution in [2.75, 3.05) is 38.6 Å². The molecule has 168 valence electrons. The van der Waals surface area contributed by atoms with Gasteiger partial charge in [0.2, 0.25) is 0 Å². The average molecular weight is 462 g/mol. The minimum atomic E-state index is -0.263. The molecule has 3 heterocycles. The number of esters is 1. The molecule has 9 heteroatoms. The van der Waals surface area contributed by atoms with Crippen LogP contribution in [-0.4, -0.2) is 64.0 Å². The molecule has 7 nitrogen and oxygen atoms in total. The molecule has 1 fully saturated rings. The summed E-state index contributed by atoms with van der Waals surface area (Å²) in [7, 11) is 3.42. The molecule has 0 atom stereocenters. The van der Waals surface area contributed by atoms with Gasteiger partial charge < -0.3 is 15.0 Å². The van der Waals surface area contributed by atoms with E-state index in [4.69, 9.17) is 17.0 Å². The van der Waals surface area contributed by atoms with E-state index in [-0.39, 0.29) is 5.97 Å². The Balaban J connectivity index is 1.40. The number of thiocarbonyl (C=S) groups is 1. The molecule has 1 saturated heterocycles. The largest absolute Gasteiger partial charge is 0.465 e. The summed E-state index contributed by atoms with van der Waals surface area (Å²) in [5.41, 5.74) is 4.23. The van der Waals surface area contributed by atoms with Gasteiger partial charge in [-0.1, -0.05) is 6.42 Å². The summed E-state index contributed by atoms with van der Waals surface area (Å²) in [6.07, 6.45) is 7.59. The highest BCUT2D eigenvalue weighted by atomic mass is 32.1. The van der Waals surface area contributed by atoms with E-state index in [0.29, 0.717) is 10.7 Å². The van der Waals surface area contributed by atoms with Crippen LogP contribution in [-0.2, 0) is 31.2 Å². The summed E-state index contributed by atoms with van der Waals surface area (Å²) in [4.78, 5) is 18.5. The molecule has 1 aliphatic heterocycles. The number of aromatic nitrogens is 2. The van der Waals surface area contributed by atoms with Gasteiger partial charge in [0.15, 0.2) is 5.11 Å². The monoisotopic (exact) mass is 461 g/mol. The van der Waals surface area contributed by atoms with Crippen molar-refractivity contribution in [3.63, 3.8) is 0 Å². The van der Waals surface area contributed by atoms with E-state index in [9.17, 15) is 4.79 Å². The highest BCUT2D eigenvalue weighted by Gasteiger charge is 2.27. The zero-order chi connectivity index (χ0) is 22.0. The molecule has 2 aliphatic rings. The summed E-state index contributed by atoms with van der Waals surface area (Å²) in [6.45, 7) is 6.60. The van der Waals surface area contributed by atoms with E-state index in [1.807, 2.05) is 11.7 Å². The van der Waals surface area contributed by atoms with Crippen molar-refractivity contribution in [1.29, 1.82) is 0 Å². The lowest BCUT2D eigenvalue weighted by Gasteiger charge is -2.36. The van der Waals surface area contributed by atoms with Crippen LogP contribution in [0.1, 0.15) is 51.3 Å². The van der Waals surface area contributed by atoms with Gasteiger partial charge in [-0.2, -0.15) is 5.10 Å². The fourth-order valence-corrected chi connectivity index (χ4v) is 6.10. The number of anilines is 1. The highest BCUT2D eigenvalue weighted by Crippen LogP contribution is 2.38. The van der Waals surface area contributed by atoms with Gasteiger partial charge >= 0.3 is 5.97 Å². The van der Waals surface area contributed by atoms with Crippen LogP contribution < -0.4 is 5.32 Å². The number of carbonyl (C=O) groups is 1. The van der Waals surface area contributed by atoms with Crippen LogP contribution in [0.4, 0.5) is 5.00 Å². The second-order valence-corrected chi connectivity index (χ2v) is 9.86. The first kappa shape index (κ1) is 22.2. The maximum absolute atomic E-state index is 12.6. The van der Waals surface area contributed by atoms with Gasteiger partial charge in [-0.05, 0) is 50.4 Å². The number of hydrogen-bond acceptors (Lipinski definition) is 6. The minimum Gasteiger partial charge on any atom is -0.465 e. The summed E-state index contributed by atoms with van der Waals surface area (Å²) < 4.78 is 6.99. The smallest absolute Gasteiger partial charge is 0.341 e. The molecule has 31 heavy (non-hydrogen) atoms. The minimum absolute atomic E-state index is 0.263. The Labute approximate surface area is 193 Å². The third kappa shape index (κ3) is 4.94. The molecular weight excluding hydrogens is 430 g/mol. The Morgan fingerprint density at radius 2 is 1.97 bits per heavy atom. The predicted octanol–water partition coefficient (Wildman–Crippen LogP) is 3.36. The standard InChI is InChI=1S/C22H31N5O2S2/c1-15-16(13-25(2)24-15)14-26-9-11-27(12-10-26)22(30)23-20-19(21(28)29-3)17-7-5-4-6-8-18(17)31-20/h13H,4-12,14H2,1-3H3,(H,23,30). The first-order valence-corrected chi connectivity index (χ1v) is 12.2. The van der Waals surface area contributed by atoms with Crippen LogP contribution in [0.5, 0.6) is 0 Å². The molecule has 1 N–H and O–H groups in total. The van der Waals surface area contributed by atoms with Crippen LogP contribution in [0.15, 0.2) is 6.20 Å². The quantitative estimate of drug-likeness (QED) is 0.426. The molecule has 0 amide bonds. The van der Waals surface area contributed by atoms with Crippen LogP contribution in [0.25, 0.3) is 0 Å². The number of hydrogen-bond donors (Lipinski definition) is 1. The van der Waals surface area contributed by atoms with Crippen LogP contribution >= 0.6 is 23.6 Å². The highest BCUT2D eigenvalue weighted by molar-refractivity contribution is 7.80. The SMILES string of the molecule is COC(=O)c1c(NC(=S)N2CCN(Cc3cn(C)nc3C)CC2)sc2c1CCCCC2. The summed E-state index contributed by atoms with van der Waals surface area (Å²) in [6, 6.07) is 0. The fraction of sp³-hybridized carbons (Fsp3) is 0.591. The Morgan fingerprint density at radius 3 is 2.65 bits per heavy atom. The Kier molecular flexibility index (Phi) is 6.93. The Bertz CT molecular complexity index is 960. The number of rotatable bonds is 4. The van der Waals surface area contributed by atoms with E-state index in [2.05, 4.69) is 33.3 Å².